The average molecular weight is 267 g/mol. The van der Waals surface area contributed by atoms with Gasteiger partial charge in [0.2, 0.25) is 0 Å². The van der Waals surface area contributed by atoms with Gasteiger partial charge in [0.05, 0.1) is 0 Å². The van der Waals surface area contributed by atoms with E-state index in [0.717, 1.165) is 0 Å². The highest BCUT2D eigenvalue weighted by Gasteiger charge is 2.27. The third-order valence-electron chi connectivity index (χ3n) is 2.35. The third kappa shape index (κ3) is 12.5. The Hall–Kier alpha value is 0.611. The van der Waals surface area contributed by atoms with Crippen LogP contribution in [0.5, 0.6) is 0 Å². The second-order valence-corrected chi connectivity index (χ2v) is 20.6. The molecule has 0 saturated heterocycles. The highest BCUT2D eigenvalue weighted by atomic mass is 28.4. The van der Waals surface area contributed by atoms with Gasteiger partial charge in [-0.15, -0.1) is 0 Å². The summed E-state index contributed by atoms with van der Waals surface area (Å²) in [5.74, 6) is 0. The first kappa shape index (κ1) is 21.0. The maximum absolute atomic E-state index is 5.61. The van der Waals surface area contributed by atoms with Crippen molar-refractivity contribution in [3.63, 3.8) is 0 Å². The lowest BCUT2D eigenvalue weighted by molar-refractivity contribution is 0.408. The van der Waals surface area contributed by atoms with E-state index in [-0.39, 0.29) is 14.9 Å². The molecule has 0 saturated carbocycles. The van der Waals surface area contributed by atoms with Crippen molar-refractivity contribution in [3.05, 3.63) is 0 Å². The Morgan fingerprint density at radius 1 is 0.933 bits per heavy atom. The van der Waals surface area contributed by atoms with E-state index in [9.17, 15) is 0 Å². The van der Waals surface area contributed by atoms with Gasteiger partial charge in [-0.2, -0.15) is 0 Å². The summed E-state index contributed by atoms with van der Waals surface area (Å²) in [5, 5.41) is 0. The Kier molecular flexibility index (Phi) is 10.9. The van der Waals surface area contributed by atoms with Gasteiger partial charge in [-0.25, -0.2) is 0 Å². The number of hydrogen-bond donors (Lipinski definition) is 0. The van der Waals surface area contributed by atoms with Crippen LogP contribution < -0.4 is 0 Å². The Morgan fingerprint density at radius 3 is 1.60 bits per heavy atom. The van der Waals surface area contributed by atoms with E-state index < -0.39 is 25.2 Å². The number of rotatable bonds is 5. The van der Waals surface area contributed by atoms with Crippen LogP contribution in [-0.2, 0) is 4.43 Å². The lowest BCUT2D eigenvalue weighted by Crippen LogP contribution is -2.37. The first-order chi connectivity index (χ1) is 5.66. The highest BCUT2D eigenvalue weighted by Crippen LogP contribution is 2.19. The quantitative estimate of drug-likeness (QED) is 0.671. The fourth-order valence-electron chi connectivity index (χ4n) is 2.04. The first-order valence-corrected chi connectivity index (χ1v) is 14.8. The van der Waals surface area contributed by atoms with Crippen LogP contribution in [0, 0.1) is 0 Å². The summed E-state index contributed by atoms with van der Waals surface area (Å²) in [4.78, 5) is 0. The predicted molar refractivity (Wildman–Crippen MR) is 83.9 cm³/mol. The summed E-state index contributed by atoms with van der Waals surface area (Å²) in [6.07, 6.45) is 0. The standard InChI is InChI=1S/C9H26OSi3.2CH4/c1-10-13(6,7)9-11(2)8-12(3,4)5;;/h11H,8-9H2,1-7H3;2*1H4. The molecule has 0 radical (unpaired) electrons. The largest absolute Gasteiger partial charge is 0.421 e. The SMILES string of the molecule is C.C.CO[Si](C)(C)C[SiH](C)C[Si](C)(C)C. The van der Waals surface area contributed by atoms with E-state index in [1.54, 1.807) is 5.67 Å². The van der Waals surface area contributed by atoms with E-state index in [1.165, 1.54) is 5.67 Å². The summed E-state index contributed by atoms with van der Waals surface area (Å²) < 4.78 is 5.61. The minimum absolute atomic E-state index is 0. The van der Waals surface area contributed by atoms with Crippen LogP contribution in [0.25, 0.3) is 0 Å². The van der Waals surface area contributed by atoms with Crippen LogP contribution in [0.2, 0.25) is 50.6 Å². The molecule has 0 aromatic carbocycles. The zero-order valence-corrected chi connectivity index (χ0v) is 13.6. The molecule has 0 bridgehead atoms. The maximum atomic E-state index is 5.61. The van der Waals surface area contributed by atoms with Crippen LogP contribution in [0.1, 0.15) is 14.9 Å². The van der Waals surface area contributed by atoms with Gasteiger partial charge in [-0.05, 0) is 18.8 Å². The van der Waals surface area contributed by atoms with Crippen molar-refractivity contribution in [2.24, 2.45) is 0 Å². The summed E-state index contributed by atoms with van der Waals surface area (Å²) in [5.41, 5.74) is 3.03. The molecule has 1 nitrogen and oxygen atoms in total. The minimum atomic E-state index is -1.26. The summed E-state index contributed by atoms with van der Waals surface area (Å²) in [7, 11) is -0.641. The van der Waals surface area contributed by atoms with Crippen molar-refractivity contribution in [1.82, 2.24) is 0 Å². The molecule has 0 spiro atoms. The Morgan fingerprint density at radius 2 is 1.33 bits per heavy atom. The van der Waals surface area contributed by atoms with Crippen LogP contribution in [0.4, 0.5) is 0 Å². The molecule has 0 aromatic rings. The molecule has 0 heterocycles. The summed E-state index contributed by atoms with van der Waals surface area (Å²) in [6, 6.07) is 0. The molecule has 0 aromatic heterocycles. The van der Waals surface area contributed by atoms with Gasteiger partial charge in [0.15, 0.2) is 8.32 Å². The van der Waals surface area contributed by atoms with Crippen molar-refractivity contribution in [3.8, 4) is 0 Å². The van der Waals surface area contributed by atoms with Gasteiger partial charge in [-0.1, -0.05) is 46.7 Å². The molecule has 15 heavy (non-hydrogen) atoms. The van der Waals surface area contributed by atoms with Crippen molar-refractivity contribution >= 4 is 25.2 Å². The van der Waals surface area contributed by atoms with Crippen LogP contribution >= 0.6 is 0 Å². The van der Waals surface area contributed by atoms with Crippen molar-refractivity contribution in [1.29, 1.82) is 0 Å². The van der Waals surface area contributed by atoms with E-state index in [1.807, 2.05) is 7.11 Å². The maximum Gasteiger partial charge on any atom is 0.183 e. The van der Waals surface area contributed by atoms with E-state index >= 15 is 0 Å². The van der Waals surface area contributed by atoms with Crippen LogP contribution in [0.3, 0.4) is 0 Å². The fraction of sp³-hybridized carbons (Fsp3) is 1.00. The molecule has 1 atom stereocenters. The molecule has 96 valence electrons. The molecule has 4 heteroatoms. The van der Waals surface area contributed by atoms with Gasteiger partial charge in [-0.3, -0.25) is 0 Å². The summed E-state index contributed by atoms with van der Waals surface area (Å²) >= 11 is 0. The van der Waals surface area contributed by atoms with Crippen LogP contribution in [0.15, 0.2) is 0 Å². The molecule has 0 aliphatic rings. The van der Waals surface area contributed by atoms with Crippen molar-refractivity contribution < 1.29 is 4.43 Å². The Labute approximate surface area is 102 Å². The zero-order valence-electron chi connectivity index (χ0n) is 10.4. The van der Waals surface area contributed by atoms with E-state index in [0.29, 0.717) is 0 Å². The highest BCUT2D eigenvalue weighted by molar-refractivity contribution is 6.93. The molecular weight excluding hydrogens is 232 g/mol. The normalized spacial score (nSPS) is 13.8. The second-order valence-electron chi connectivity index (χ2n) is 6.04. The molecule has 1 unspecified atom stereocenters. The minimum Gasteiger partial charge on any atom is -0.421 e. The smallest absolute Gasteiger partial charge is 0.183 e. The van der Waals surface area contributed by atoms with Gasteiger partial charge in [0.25, 0.3) is 0 Å². The predicted octanol–water partition coefficient (Wildman–Crippen LogP) is 4.38. The zero-order chi connectivity index (χ0) is 10.7. The van der Waals surface area contributed by atoms with Crippen molar-refractivity contribution in [2.75, 3.05) is 7.11 Å². The van der Waals surface area contributed by atoms with Gasteiger partial charge >= 0.3 is 0 Å². The van der Waals surface area contributed by atoms with Crippen molar-refractivity contribution in [2.45, 2.75) is 65.5 Å². The fourth-order valence-corrected chi connectivity index (χ4v) is 19.7. The Bertz CT molecular complexity index is 152. The molecule has 0 aliphatic heterocycles. The topological polar surface area (TPSA) is 9.23 Å². The van der Waals surface area contributed by atoms with Gasteiger partial charge in [0.1, 0.15) is 0 Å². The summed E-state index contributed by atoms with van der Waals surface area (Å²) in [6.45, 7) is 14.7. The second kappa shape index (κ2) is 7.81. The molecule has 0 amide bonds. The molecular formula is C11H34OSi3. The monoisotopic (exact) mass is 266 g/mol. The Balaban J connectivity index is -0.000000720. The molecule has 0 aliphatic carbocycles. The molecule has 0 fully saturated rings. The van der Waals surface area contributed by atoms with Gasteiger partial charge in [0, 0.05) is 24.0 Å². The van der Waals surface area contributed by atoms with Gasteiger partial charge < -0.3 is 4.43 Å². The lowest BCUT2D eigenvalue weighted by atomic mass is 11.7. The molecule has 0 rings (SSSR count). The number of hydrogen-bond acceptors (Lipinski definition) is 1. The first-order valence-electron chi connectivity index (χ1n) is 5.21. The molecule has 0 N–H and O–H groups in total. The van der Waals surface area contributed by atoms with E-state index in [4.69, 9.17) is 4.43 Å². The third-order valence-corrected chi connectivity index (χ3v) is 17.9. The average Bonchev–Trinajstić information content (AvgIpc) is 1.81. The van der Waals surface area contributed by atoms with E-state index in [2.05, 4.69) is 39.3 Å². The lowest BCUT2D eigenvalue weighted by Gasteiger charge is -2.27. The van der Waals surface area contributed by atoms with Crippen LogP contribution in [-0.4, -0.2) is 32.3 Å².